The van der Waals surface area contributed by atoms with E-state index >= 15 is 0 Å². The van der Waals surface area contributed by atoms with Gasteiger partial charge in [-0.1, -0.05) is 13.0 Å². The number of rotatable bonds is 6. The zero-order valence-electron chi connectivity index (χ0n) is 19.9. The summed E-state index contributed by atoms with van der Waals surface area (Å²) in [6.45, 7) is 4.99. The predicted molar refractivity (Wildman–Crippen MR) is 118 cm³/mol. The number of nitrogens with one attached hydrogen (secondary N) is 1. The van der Waals surface area contributed by atoms with Crippen LogP contribution >= 0.6 is 0 Å². The van der Waals surface area contributed by atoms with Crippen LogP contribution in [0.25, 0.3) is 0 Å². The molecule has 2 heterocycles. The summed E-state index contributed by atoms with van der Waals surface area (Å²) in [5, 5.41) is 22.1. The Morgan fingerprint density at radius 1 is 1.29 bits per heavy atom. The smallest absolute Gasteiger partial charge is 0.417 e. The zero-order chi connectivity index (χ0) is 26.3. The average Bonchev–Trinajstić information content (AvgIpc) is 3.07. The van der Waals surface area contributed by atoms with Gasteiger partial charge in [-0.3, -0.25) is 9.78 Å². The molecule has 1 aliphatic heterocycles. The van der Waals surface area contributed by atoms with Gasteiger partial charge in [-0.15, -0.1) is 0 Å². The highest BCUT2D eigenvalue weighted by atomic mass is 19.4. The van der Waals surface area contributed by atoms with Crippen LogP contribution in [0, 0.1) is 18.7 Å². The fourth-order valence-corrected chi connectivity index (χ4v) is 4.39. The van der Waals surface area contributed by atoms with Gasteiger partial charge in [0.2, 0.25) is 0 Å². The molecule has 1 aromatic carbocycles. The van der Waals surface area contributed by atoms with Gasteiger partial charge < -0.3 is 25.0 Å². The number of methoxy groups -OCH3 is 1. The van der Waals surface area contributed by atoms with Gasteiger partial charge in [0, 0.05) is 34.8 Å². The Morgan fingerprint density at radius 3 is 2.51 bits per heavy atom. The number of alkyl halides is 3. The van der Waals surface area contributed by atoms with Crippen molar-refractivity contribution in [3.05, 3.63) is 53.1 Å². The molecule has 3 N–H and O–H groups in total. The van der Waals surface area contributed by atoms with E-state index in [1.807, 2.05) is 0 Å². The number of hydrogen-bond acceptors (Lipinski definition) is 6. The topological polar surface area (TPSA) is 101 Å². The van der Waals surface area contributed by atoms with Crippen LogP contribution in [-0.4, -0.2) is 52.2 Å². The van der Waals surface area contributed by atoms with Crippen molar-refractivity contribution >= 4 is 11.6 Å². The van der Waals surface area contributed by atoms with Crippen LogP contribution in [0.1, 0.15) is 49.6 Å². The summed E-state index contributed by atoms with van der Waals surface area (Å²) < 4.78 is 67.1. The number of anilines is 1. The van der Waals surface area contributed by atoms with E-state index in [2.05, 4.69) is 10.3 Å². The number of hydrogen-bond donors (Lipinski definition) is 3. The summed E-state index contributed by atoms with van der Waals surface area (Å²) in [6.07, 6.45) is -7.60. The summed E-state index contributed by atoms with van der Waals surface area (Å²) in [5.74, 6) is -3.79. The number of halogens is 4. The highest BCUT2D eigenvalue weighted by Crippen LogP contribution is 2.55. The Hall–Kier alpha value is -2.76. The van der Waals surface area contributed by atoms with Crippen molar-refractivity contribution in [3.8, 4) is 5.75 Å². The van der Waals surface area contributed by atoms with E-state index in [1.165, 1.54) is 52.3 Å². The van der Waals surface area contributed by atoms with E-state index in [-0.39, 0.29) is 28.3 Å². The number of pyridine rings is 1. The van der Waals surface area contributed by atoms with Crippen molar-refractivity contribution in [2.24, 2.45) is 5.92 Å². The number of amides is 1. The van der Waals surface area contributed by atoms with Crippen molar-refractivity contribution in [1.29, 1.82) is 0 Å². The zero-order valence-corrected chi connectivity index (χ0v) is 19.9. The number of aliphatic hydroxyl groups excluding tert-OH is 2. The van der Waals surface area contributed by atoms with Crippen LogP contribution in [0.2, 0.25) is 0 Å². The Balaban J connectivity index is 2.04. The van der Waals surface area contributed by atoms with E-state index in [0.29, 0.717) is 0 Å². The molecule has 0 unspecified atom stereocenters. The summed E-state index contributed by atoms with van der Waals surface area (Å²) in [6, 6.07) is 5.10. The minimum atomic E-state index is -4.80. The molecule has 11 heteroatoms. The van der Waals surface area contributed by atoms with Crippen LogP contribution in [0.15, 0.2) is 30.5 Å². The lowest BCUT2D eigenvalue weighted by Crippen LogP contribution is -2.47. The van der Waals surface area contributed by atoms with Gasteiger partial charge in [-0.25, -0.2) is 4.39 Å². The minimum Gasteiger partial charge on any atom is -0.496 e. The molecule has 35 heavy (non-hydrogen) atoms. The summed E-state index contributed by atoms with van der Waals surface area (Å²) in [4.78, 5) is 17.2. The van der Waals surface area contributed by atoms with Gasteiger partial charge in [-0.05, 0) is 39.0 Å². The van der Waals surface area contributed by atoms with Crippen molar-refractivity contribution in [2.75, 3.05) is 12.4 Å². The van der Waals surface area contributed by atoms with Crippen LogP contribution in [-0.2, 0) is 9.53 Å². The number of carbonyl (C=O) groups excluding carboxylic acids is 1. The Labute approximate surface area is 200 Å². The third-order valence-corrected chi connectivity index (χ3v) is 6.67. The van der Waals surface area contributed by atoms with Crippen LogP contribution in [0.3, 0.4) is 0 Å². The molecular weight excluding hydrogens is 472 g/mol. The Morgan fingerprint density at radius 2 is 1.94 bits per heavy atom. The van der Waals surface area contributed by atoms with Gasteiger partial charge in [0.1, 0.15) is 23.8 Å². The Bertz CT molecular complexity index is 1090. The first-order valence-electron chi connectivity index (χ1n) is 10.9. The first-order chi connectivity index (χ1) is 16.2. The predicted octanol–water partition coefficient (Wildman–Crippen LogP) is 4.03. The van der Waals surface area contributed by atoms with Crippen LogP contribution < -0.4 is 10.1 Å². The first-order valence-corrected chi connectivity index (χ1v) is 10.9. The second-order valence-electron chi connectivity index (χ2n) is 8.90. The maximum absolute atomic E-state index is 14.2. The molecule has 1 saturated heterocycles. The summed E-state index contributed by atoms with van der Waals surface area (Å²) in [5.41, 5.74) is -2.16. The normalized spacial score (nSPS) is 26.3. The molecule has 6 atom stereocenters. The molecule has 0 aliphatic carbocycles. The lowest BCUT2D eigenvalue weighted by Gasteiger charge is -2.32. The number of benzene rings is 1. The molecule has 7 nitrogen and oxygen atoms in total. The van der Waals surface area contributed by atoms with Crippen LogP contribution in [0.4, 0.5) is 23.2 Å². The van der Waals surface area contributed by atoms with Gasteiger partial charge >= 0.3 is 6.18 Å². The number of aliphatic hydroxyl groups is 2. The van der Waals surface area contributed by atoms with Gasteiger partial charge in [-0.2, -0.15) is 13.2 Å². The molecule has 1 amide bonds. The first kappa shape index (κ1) is 26.8. The molecular formula is C24H28F4N2O5. The third-order valence-electron chi connectivity index (χ3n) is 6.67. The lowest BCUT2D eigenvalue weighted by molar-refractivity contribution is -0.272. The number of carbonyl (C=O) groups is 1. The fourth-order valence-electron chi connectivity index (χ4n) is 4.39. The van der Waals surface area contributed by atoms with Crippen LogP contribution in [0.5, 0.6) is 5.75 Å². The molecule has 0 spiro atoms. The number of nitrogens with zero attached hydrogens (tertiary/aromatic N) is 1. The van der Waals surface area contributed by atoms with E-state index < -0.39 is 53.6 Å². The van der Waals surface area contributed by atoms with E-state index in [9.17, 15) is 32.6 Å². The van der Waals surface area contributed by atoms with E-state index in [1.54, 1.807) is 0 Å². The monoisotopic (exact) mass is 500 g/mol. The number of aromatic nitrogens is 1. The van der Waals surface area contributed by atoms with Gasteiger partial charge in [0.05, 0.1) is 18.9 Å². The van der Waals surface area contributed by atoms with Gasteiger partial charge in [0.15, 0.2) is 5.60 Å². The summed E-state index contributed by atoms with van der Waals surface area (Å²) >= 11 is 0. The summed E-state index contributed by atoms with van der Waals surface area (Å²) in [7, 11) is 1.27. The second-order valence-corrected chi connectivity index (χ2v) is 8.90. The van der Waals surface area contributed by atoms with Crippen molar-refractivity contribution in [3.63, 3.8) is 0 Å². The van der Waals surface area contributed by atoms with E-state index in [4.69, 9.17) is 9.47 Å². The maximum Gasteiger partial charge on any atom is 0.417 e. The largest absolute Gasteiger partial charge is 0.496 e. The average molecular weight is 500 g/mol. The molecule has 192 valence electrons. The minimum absolute atomic E-state index is 0.0425. The molecule has 0 radical (unpaired) electrons. The molecule has 0 bridgehead atoms. The van der Waals surface area contributed by atoms with Crippen molar-refractivity contribution in [1.82, 2.24) is 4.98 Å². The quantitative estimate of drug-likeness (QED) is 0.518. The van der Waals surface area contributed by atoms with Crippen molar-refractivity contribution in [2.45, 2.75) is 63.7 Å². The molecule has 3 rings (SSSR count). The highest BCUT2D eigenvalue weighted by Gasteiger charge is 2.65. The third kappa shape index (κ3) is 4.85. The van der Waals surface area contributed by atoms with E-state index in [0.717, 1.165) is 13.0 Å². The van der Waals surface area contributed by atoms with Gasteiger partial charge in [0.25, 0.3) is 5.91 Å². The Kier molecular flexibility index (Phi) is 7.45. The fraction of sp³-hybridized carbons (Fsp3) is 0.500. The number of ether oxygens (including phenoxy) is 2. The molecule has 2 aromatic rings. The standard InChI is InChI=1S/C24H28F4N2O5/c1-11-16(25)7-6-15(20(11)34-5)18-12(2)23(4,24(26,27)28)35-21(18)22(33)30-14-8-9-29-17(10-14)19(32)13(3)31/h6-10,12-13,18-19,21,31-32H,1-5H3,(H,29,30,33)/t12-,13+,18-,19+,21+,23+/m1/s1. The molecule has 0 saturated carbocycles. The molecule has 1 aliphatic rings. The molecule has 1 aromatic heterocycles. The van der Waals surface area contributed by atoms with Crippen molar-refractivity contribution < 1.29 is 42.0 Å². The SMILES string of the molecule is COc1c([C@@H]2[C@@H](C(=O)Nc3ccnc([C@@H](O)[C@H](C)O)c3)O[C@](C)(C(F)(F)F)[C@@H]2C)ccc(F)c1C. The second kappa shape index (κ2) is 9.71. The molecule has 1 fully saturated rings. The maximum atomic E-state index is 14.2. The highest BCUT2D eigenvalue weighted by molar-refractivity contribution is 5.95. The lowest BCUT2D eigenvalue weighted by atomic mass is 9.76.